The summed E-state index contributed by atoms with van der Waals surface area (Å²) in [5, 5.41) is 2.96. The summed E-state index contributed by atoms with van der Waals surface area (Å²) < 4.78 is 7.54. The number of thioether (sulfide) groups is 1. The van der Waals surface area contributed by atoms with E-state index in [-0.39, 0.29) is 12.1 Å². The number of aromatic nitrogens is 2. The first-order valence-electron chi connectivity index (χ1n) is 7.82. The Kier molecular flexibility index (Phi) is 7.26. The van der Waals surface area contributed by atoms with Crippen LogP contribution in [0.15, 0.2) is 12.5 Å². The minimum Gasteiger partial charge on any atom is -0.444 e. The third-order valence-corrected chi connectivity index (χ3v) is 4.09. The Morgan fingerprint density at radius 3 is 2.59 bits per heavy atom. The van der Waals surface area contributed by atoms with Gasteiger partial charge in [0.25, 0.3) is 0 Å². The van der Waals surface area contributed by atoms with Crippen molar-refractivity contribution in [3.63, 3.8) is 0 Å². The Morgan fingerprint density at radius 2 is 2.09 bits per heavy atom. The van der Waals surface area contributed by atoms with Gasteiger partial charge in [0.15, 0.2) is 0 Å². The SMILES string of the molecule is CCC(CSC)n1cncc1[C@@H](CC)NC(=O)OC(C)(C)C. The lowest BCUT2D eigenvalue weighted by molar-refractivity contribution is 0.0500. The molecule has 1 aromatic heterocycles. The van der Waals surface area contributed by atoms with Gasteiger partial charge in [-0.25, -0.2) is 9.78 Å². The van der Waals surface area contributed by atoms with Gasteiger partial charge in [-0.05, 0) is 39.9 Å². The van der Waals surface area contributed by atoms with Crippen molar-refractivity contribution in [1.29, 1.82) is 0 Å². The van der Waals surface area contributed by atoms with Gasteiger partial charge in [-0.2, -0.15) is 11.8 Å². The maximum absolute atomic E-state index is 12.0. The van der Waals surface area contributed by atoms with E-state index in [1.165, 1.54) is 0 Å². The lowest BCUT2D eigenvalue weighted by atomic mass is 10.1. The van der Waals surface area contributed by atoms with Crippen LogP contribution in [0, 0.1) is 0 Å². The van der Waals surface area contributed by atoms with Gasteiger partial charge >= 0.3 is 6.09 Å². The first-order chi connectivity index (χ1) is 10.3. The molecular formula is C16H29N3O2S. The average Bonchev–Trinajstić information content (AvgIpc) is 2.89. The van der Waals surface area contributed by atoms with E-state index < -0.39 is 5.60 Å². The summed E-state index contributed by atoms with van der Waals surface area (Å²) >= 11 is 1.82. The highest BCUT2D eigenvalue weighted by Gasteiger charge is 2.23. The Balaban J connectivity index is 2.87. The first-order valence-corrected chi connectivity index (χ1v) is 9.21. The van der Waals surface area contributed by atoms with Gasteiger partial charge in [0.05, 0.1) is 24.3 Å². The molecule has 1 aromatic rings. The Morgan fingerprint density at radius 1 is 1.41 bits per heavy atom. The van der Waals surface area contributed by atoms with Crippen molar-refractivity contribution in [1.82, 2.24) is 14.9 Å². The molecule has 0 aliphatic heterocycles. The third-order valence-electron chi connectivity index (χ3n) is 3.38. The molecule has 0 aliphatic rings. The van der Waals surface area contributed by atoms with E-state index in [0.29, 0.717) is 6.04 Å². The van der Waals surface area contributed by atoms with Crippen molar-refractivity contribution in [3.8, 4) is 0 Å². The van der Waals surface area contributed by atoms with E-state index in [0.717, 1.165) is 24.3 Å². The lowest BCUT2D eigenvalue weighted by Gasteiger charge is -2.25. The molecule has 6 heteroatoms. The number of nitrogens with one attached hydrogen (secondary N) is 1. The number of hydrogen-bond donors (Lipinski definition) is 1. The average molecular weight is 327 g/mol. The number of carbonyl (C=O) groups excluding carboxylic acids is 1. The Bertz CT molecular complexity index is 468. The summed E-state index contributed by atoms with van der Waals surface area (Å²) in [6, 6.07) is 0.301. The third kappa shape index (κ3) is 5.55. The monoisotopic (exact) mass is 327 g/mol. The van der Waals surface area contributed by atoms with Crippen LogP contribution < -0.4 is 5.32 Å². The standard InChI is InChI=1S/C16H29N3O2S/c1-7-12(10-22-6)19-11-17-9-14(19)13(8-2)18-15(20)21-16(3,4)5/h9,11-13H,7-8,10H2,1-6H3,(H,18,20)/t12?,13-/m1/s1. The minimum absolute atomic E-state index is 0.0896. The molecule has 0 aliphatic carbocycles. The first kappa shape index (κ1) is 18.9. The summed E-state index contributed by atoms with van der Waals surface area (Å²) in [6.07, 6.45) is 7.25. The largest absolute Gasteiger partial charge is 0.444 e. The van der Waals surface area contributed by atoms with Gasteiger partial charge in [0.2, 0.25) is 0 Å². The van der Waals surface area contributed by atoms with Crippen LogP contribution in [0.4, 0.5) is 4.79 Å². The zero-order valence-corrected chi connectivity index (χ0v) is 15.4. The number of alkyl carbamates (subject to hydrolysis) is 1. The zero-order chi connectivity index (χ0) is 16.8. The number of amides is 1. The number of rotatable bonds is 7. The molecule has 2 atom stereocenters. The van der Waals surface area contributed by atoms with Crippen molar-refractivity contribution in [2.75, 3.05) is 12.0 Å². The molecule has 1 amide bonds. The normalized spacial score (nSPS) is 14.5. The lowest BCUT2D eigenvalue weighted by Crippen LogP contribution is -2.35. The number of hydrogen-bond acceptors (Lipinski definition) is 4. The molecule has 0 saturated carbocycles. The van der Waals surface area contributed by atoms with Crippen LogP contribution in [0.1, 0.15) is 65.2 Å². The second kappa shape index (κ2) is 8.46. The molecule has 22 heavy (non-hydrogen) atoms. The smallest absolute Gasteiger partial charge is 0.408 e. The quantitative estimate of drug-likeness (QED) is 0.816. The highest BCUT2D eigenvalue weighted by molar-refractivity contribution is 7.98. The second-order valence-electron chi connectivity index (χ2n) is 6.35. The minimum atomic E-state index is -0.493. The van der Waals surface area contributed by atoms with Gasteiger partial charge in [0, 0.05) is 11.8 Å². The van der Waals surface area contributed by atoms with E-state index in [4.69, 9.17) is 4.74 Å². The van der Waals surface area contributed by atoms with Gasteiger partial charge in [-0.15, -0.1) is 0 Å². The van der Waals surface area contributed by atoms with E-state index in [9.17, 15) is 4.79 Å². The maximum atomic E-state index is 12.0. The maximum Gasteiger partial charge on any atom is 0.408 e. The van der Waals surface area contributed by atoms with Gasteiger partial charge in [0.1, 0.15) is 5.60 Å². The number of imidazole rings is 1. The molecule has 1 N–H and O–H groups in total. The van der Waals surface area contributed by atoms with Crippen LogP contribution in [0.2, 0.25) is 0 Å². The fourth-order valence-electron chi connectivity index (χ4n) is 2.31. The molecule has 1 rings (SSSR count). The van der Waals surface area contributed by atoms with E-state index in [2.05, 4.69) is 35.0 Å². The molecule has 5 nitrogen and oxygen atoms in total. The van der Waals surface area contributed by atoms with Crippen molar-refractivity contribution in [2.45, 2.75) is 65.1 Å². The van der Waals surface area contributed by atoms with Gasteiger partial charge < -0.3 is 14.6 Å². The van der Waals surface area contributed by atoms with Gasteiger partial charge in [-0.3, -0.25) is 0 Å². The fraction of sp³-hybridized carbons (Fsp3) is 0.750. The van der Waals surface area contributed by atoms with Crippen molar-refractivity contribution >= 4 is 17.9 Å². The molecule has 1 unspecified atom stereocenters. The summed E-state index contributed by atoms with van der Waals surface area (Å²) in [6.45, 7) is 9.82. The Labute approximate surface area is 138 Å². The molecule has 0 fully saturated rings. The molecule has 0 aromatic carbocycles. The Hall–Kier alpha value is -1.17. The highest BCUT2D eigenvalue weighted by atomic mass is 32.2. The van der Waals surface area contributed by atoms with E-state index >= 15 is 0 Å². The second-order valence-corrected chi connectivity index (χ2v) is 7.26. The summed E-state index contributed by atoms with van der Waals surface area (Å²) in [4.78, 5) is 16.3. The predicted octanol–water partition coefficient (Wildman–Crippen LogP) is 4.17. The molecule has 1 heterocycles. The van der Waals surface area contributed by atoms with E-state index in [1.807, 2.05) is 45.1 Å². The highest BCUT2D eigenvalue weighted by Crippen LogP contribution is 2.24. The molecular weight excluding hydrogens is 298 g/mol. The van der Waals surface area contributed by atoms with Crippen molar-refractivity contribution in [3.05, 3.63) is 18.2 Å². The molecule has 126 valence electrons. The van der Waals surface area contributed by atoms with Crippen LogP contribution >= 0.6 is 11.8 Å². The van der Waals surface area contributed by atoms with Crippen molar-refractivity contribution < 1.29 is 9.53 Å². The molecule has 0 radical (unpaired) electrons. The fourth-order valence-corrected chi connectivity index (χ4v) is 3.09. The number of carbonyl (C=O) groups is 1. The van der Waals surface area contributed by atoms with Crippen LogP contribution in [0.25, 0.3) is 0 Å². The topological polar surface area (TPSA) is 56.2 Å². The molecule has 0 saturated heterocycles. The summed E-state index contributed by atoms with van der Waals surface area (Å²) in [5.41, 5.74) is 0.544. The molecule has 0 spiro atoms. The van der Waals surface area contributed by atoms with Crippen LogP contribution in [0.3, 0.4) is 0 Å². The van der Waals surface area contributed by atoms with Gasteiger partial charge in [-0.1, -0.05) is 13.8 Å². The van der Waals surface area contributed by atoms with Crippen molar-refractivity contribution in [2.24, 2.45) is 0 Å². The number of ether oxygens (including phenoxy) is 1. The van der Waals surface area contributed by atoms with Crippen LogP contribution in [-0.4, -0.2) is 33.3 Å². The predicted molar refractivity (Wildman–Crippen MR) is 92.3 cm³/mol. The molecule has 0 bridgehead atoms. The van der Waals surface area contributed by atoms with Crippen LogP contribution in [-0.2, 0) is 4.74 Å². The van der Waals surface area contributed by atoms with Crippen LogP contribution in [0.5, 0.6) is 0 Å². The number of nitrogens with zero attached hydrogens (tertiary/aromatic N) is 2. The summed E-state index contributed by atoms with van der Waals surface area (Å²) in [5.74, 6) is 1.03. The van der Waals surface area contributed by atoms with E-state index in [1.54, 1.807) is 0 Å². The summed E-state index contributed by atoms with van der Waals surface area (Å²) in [7, 11) is 0. The zero-order valence-electron chi connectivity index (χ0n) is 14.5.